The van der Waals surface area contributed by atoms with E-state index >= 15 is 0 Å². The summed E-state index contributed by atoms with van der Waals surface area (Å²) in [5, 5.41) is 22.3. The number of unbranched alkanes of at least 4 members (excludes halogenated alkanes) is 3. The molecule has 0 radical (unpaired) electrons. The quantitative estimate of drug-likeness (QED) is 0.209. The van der Waals surface area contributed by atoms with E-state index < -0.39 is 5.60 Å². The smallest absolute Gasteiger partial charge is 0.306 e. The van der Waals surface area contributed by atoms with E-state index in [1.54, 1.807) is 0 Å². The first kappa shape index (κ1) is 28.1. The Morgan fingerprint density at radius 2 is 1.72 bits per heavy atom. The molecule has 3 unspecified atom stereocenters. The summed E-state index contributed by atoms with van der Waals surface area (Å²) in [4.78, 5) is 23.5. The van der Waals surface area contributed by atoms with E-state index in [1.807, 2.05) is 0 Å². The van der Waals surface area contributed by atoms with Crippen LogP contribution in [0.1, 0.15) is 124 Å². The Balaban J connectivity index is 1.56. The summed E-state index contributed by atoms with van der Waals surface area (Å²) in [6.07, 6.45) is 14.3. The summed E-state index contributed by atoms with van der Waals surface area (Å²) in [7, 11) is 0. The zero-order valence-electron chi connectivity index (χ0n) is 23.3. The number of aldehydes is 1. The van der Waals surface area contributed by atoms with Gasteiger partial charge in [-0.15, -0.1) is 0 Å². The van der Waals surface area contributed by atoms with Crippen LogP contribution >= 0.6 is 0 Å². The van der Waals surface area contributed by atoms with E-state index in [9.17, 15) is 19.8 Å². The second kappa shape index (κ2) is 11.0. The van der Waals surface area contributed by atoms with Gasteiger partial charge in [0.05, 0.1) is 18.1 Å². The molecular formula is C31H52O5. The van der Waals surface area contributed by atoms with Gasteiger partial charge in [-0.2, -0.15) is 0 Å². The van der Waals surface area contributed by atoms with Crippen molar-refractivity contribution in [2.75, 3.05) is 0 Å². The normalized spacial score (nSPS) is 43.6. The highest BCUT2D eigenvalue weighted by molar-refractivity contribution is 5.72. The number of carbonyl (C=O) groups excluding carboxylic acids is 2. The Labute approximate surface area is 219 Å². The van der Waals surface area contributed by atoms with E-state index in [2.05, 4.69) is 27.7 Å². The first-order valence-corrected chi connectivity index (χ1v) is 15.1. The topological polar surface area (TPSA) is 83.8 Å². The zero-order valence-corrected chi connectivity index (χ0v) is 23.3. The van der Waals surface area contributed by atoms with Gasteiger partial charge in [-0.05, 0) is 99.2 Å². The van der Waals surface area contributed by atoms with Gasteiger partial charge in [-0.3, -0.25) is 4.79 Å². The first-order chi connectivity index (χ1) is 17.1. The second-order valence-corrected chi connectivity index (χ2v) is 13.7. The maximum absolute atomic E-state index is 12.6. The minimum atomic E-state index is -0.624. The molecule has 0 saturated heterocycles. The molecular weight excluding hydrogens is 452 g/mol. The Morgan fingerprint density at radius 3 is 2.44 bits per heavy atom. The minimum absolute atomic E-state index is 0.0693. The fourth-order valence-corrected chi connectivity index (χ4v) is 9.89. The van der Waals surface area contributed by atoms with Crippen molar-refractivity contribution in [3.8, 4) is 0 Å². The van der Waals surface area contributed by atoms with Crippen LogP contribution in [0.2, 0.25) is 0 Å². The molecule has 0 aromatic rings. The standard InChI is InChI=1S/C31H52O5/c1-5-6-7-8-15-31(4,35)27-12-11-23-22-20-26(36-28(34)10-9-18-32)25-19-21(33)13-16-29(25,2)24(22)14-17-30(23,27)3/h18,21-27,33,35H,5-17,19-20H2,1-4H3/t21-,22?,23?,24?,25+,26-,27-,29+,30-,31-/m0/s1. The fraction of sp³-hybridized carbons (Fsp3) is 0.935. The summed E-state index contributed by atoms with van der Waals surface area (Å²) in [6.45, 7) is 9.19. The van der Waals surface area contributed by atoms with Gasteiger partial charge in [0.15, 0.2) is 0 Å². The maximum atomic E-state index is 12.6. The molecule has 0 spiro atoms. The summed E-state index contributed by atoms with van der Waals surface area (Å²) in [5.41, 5.74) is -0.431. The number of ether oxygens (including phenoxy) is 1. The summed E-state index contributed by atoms with van der Waals surface area (Å²) in [6, 6.07) is 0. The van der Waals surface area contributed by atoms with Gasteiger partial charge < -0.3 is 19.7 Å². The second-order valence-electron chi connectivity index (χ2n) is 13.7. The van der Waals surface area contributed by atoms with Crippen LogP contribution < -0.4 is 0 Å². The molecule has 0 heterocycles. The predicted octanol–water partition coefficient (Wildman–Crippen LogP) is 6.23. The highest BCUT2D eigenvalue weighted by Gasteiger charge is 2.64. The lowest BCUT2D eigenvalue weighted by Crippen LogP contribution is -2.59. The van der Waals surface area contributed by atoms with E-state index in [4.69, 9.17) is 4.74 Å². The number of rotatable bonds is 10. The van der Waals surface area contributed by atoms with Crippen molar-refractivity contribution in [1.82, 2.24) is 0 Å². The van der Waals surface area contributed by atoms with Crippen LogP contribution in [0.3, 0.4) is 0 Å². The van der Waals surface area contributed by atoms with Crippen LogP contribution in [-0.4, -0.2) is 40.3 Å². The first-order valence-electron chi connectivity index (χ1n) is 15.1. The minimum Gasteiger partial charge on any atom is -0.462 e. The van der Waals surface area contributed by atoms with E-state index in [-0.39, 0.29) is 47.8 Å². The molecule has 0 aromatic heterocycles. The molecule has 4 rings (SSSR count). The van der Waals surface area contributed by atoms with Crippen molar-refractivity contribution < 1.29 is 24.5 Å². The van der Waals surface area contributed by atoms with Crippen molar-refractivity contribution >= 4 is 12.3 Å². The summed E-state index contributed by atoms with van der Waals surface area (Å²) >= 11 is 0. The Hall–Kier alpha value is -0.940. The maximum Gasteiger partial charge on any atom is 0.306 e. The molecule has 36 heavy (non-hydrogen) atoms. The molecule has 4 aliphatic rings. The van der Waals surface area contributed by atoms with Crippen molar-refractivity contribution in [1.29, 1.82) is 0 Å². The number of hydrogen-bond donors (Lipinski definition) is 2. The van der Waals surface area contributed by atoms with Crippen LogP contribution in [-0.2, 0) is 14.3 Å². The molecule has 0 aliphatic heterocycles. The molecule has 0 amide bonds. The highest BCUT2D eigenvalue weighted by Crippen LogP contribution is 2.69. The zero-order chi connectivity index (χ0) is 26.1. The number of aliphatic hydroxyl groups excluding tert-OH is 1. The lowest BCUT2D eigenvalue weighted by atomic mass is 9.43. The van der Waals surface area contributed by atoms with Crippen LogP contribution in [0, 0.1) is 40.4 Å². The van der Waals surface area contributed by atoms with Crippen molar-refractivity contribution in [2.24, 2.45) is 40.4 Å². The molecule has 5 nitrogen and oxygen atoms in total. The van der Waals surface area contributed by atoms with Gasteiger partial charge in [-0.1, -0.05) is 46.5 Å². The largest absolute Gasteiger partial charge is 0.462 e. The Bertz CT molecular complexity index is 779. The van der Waals surface area contributed by atoms with Crippen LogP contribution in [0.15, 0.2) is 0 Å². The highest BCUT2D eigenvalue weighted by atomic mass is 16.5. The van der Waals surface area contributed by atoms with Crippen LogP contribution in [0.25, 0.3) is 0 Å². The Morgan fingerprint density at radius 1 is 1.00 bits per heavy atom. The third-order valence-corrected chi connectivity index (χ3v) is 11.7. The molecule has 0 aromatic carbocycles. The summed E-state index contributed by atoms with van der Waals surface area (Å²) in [5.74, 6) is 1.86. The number of carbonyl (C=O) groups is 2. The average Bonchev–Trinajstić information content (AvgIpc) is 3.20. The SMILES string of the molecule is CCCCCC[C@](C)(O)[C@H]1CCC2C3C[C@H](OC(=O)CCC=O)[C@H]4C[C@@H](O)CC[C@]4(C)C3CC[C@@]21C. The number of hydrogen-bond acceptors (Lipinski definition) is 5. The molecule has 5 heteroatoms. The molecule has 10 atom stereocenters. The Kier molecular flexibility index (Phi) is 8.61. The molecule has 206 valence electrons. The summed E-state index contributed by atoms with van der Waals surface area (Å²) < 4.78 is 6.12. The van der Waals surface area contributed by atoms with E-state index in [0.717, 1.165) is 51.2 Å². The number of esters is 1. The molecule has 4 fully saturated rings. The molecule has 0 bridgehead atoms. The lowest BCUT2D eigenvalue weighted by molar-refractivity contribution is -0.197. The molecule has 2 N–H and O–H groups in total. The van der Waals surface area contributed by atoms with Crippen molar-refractivity contribution in [2.45, 2.75) is 142 Å². The van der Waals surface area contributed by atoms with Crippen LogP contribution in [0.4, 0.5) is 0 Å². The van der Waals surface area contributed by atoms with Gasteiger partial charge in [-0.25, -0.2) is 0 Å². The molecule has 4 aliphatic carbocycles. The van der Waals surface area contributed by atoms with Gasteiger partial charge in [0.1, 0.15) is 12.4 Å². The fourth-order valence-electron chi connectivity index (χ4n) is 9.89. The average molecular weight is 505 g/mol. The van der Waals surface area contributed by atoms with Gasteiger partial charge in [0, 0.05) is 12.3 Å². The van der Waals surface area contributed by atoms with Gasteiger partial charge in [0.25, 0.3) is 0 Å². The van der Waals surface area contributed by atoms with Crippen molar-refractivity contribution in [3.05, 3.63) is 0 Å². The monoisotopic (exact) mass is 504 g/mol. The lowest BCUT2D eigenvalue weighted by Gasteiger charge is -2.63. The van der Waals surface area contributed by atoms with E-state index in [1.165, 1.54) is 32.1 Å². The van der Waals surface area contributed by atoms with Crippen LogP contribution in [0.5, 0.6) is 0 Å². The number of aliphatic hydroxyl groups is 2. The van der Waals surface area contributed by atoms with Gasteiger partial charge in [0.2, 0.25) is 0 Å². The van der Waals surface area contributed by atoms with Crippen molar-refractivity contribution in [3.63, 3.8) is 0 Å². The predicted molar refractivity (Wildman–Crippen MR) is 141 cm³/mol. The third kappa shape index (κ3) is 5.17. The van der Waals surface area contributed by atoms with E-state index in [0.29, 0.717) is 30.1 Å². The molecule has 4 saturated carbocycles. The van der Waals surface area contributed by atoms with Gasteiger partial charge >= 0.3 is 5.97 Å². The number of fused-ring (bicyclic) bond motifs is 5. The third-order valence-electron chi connectivity index (χ3n) is 11.7.